The van der Waals surface area contributed by atoms with Crippen molar-refractivity contribution in [2.45, 2.75) is 18.4 Å². The molecule has 0 fully saturated rings. The second-order valence-corrected chi connectivity index (χ2v) is 3.42. The maximum atomic E-state index is 11.6. The Labute approximate surface area is 104 Å². The molecular weight excluding hydrogens is 244 g/mol. The Kier molecular flexibility index (Phi) is 6.66. The third-order valence-electron chi connectivity index (χ3n) is 2.04. The first kappa shape index (κ1) is 16.1. The van der Waals surface area contributed by atoms with Crippen LogP contribution in [0.4, 0.5) is 0 Å². The van der Waals surface area contributed by atoms with Gasteiger partial charge in [-0.25, -0.2) is 4.79 Å². The molecule has 0 aliphatic carbocycles. The van der Waals surface area contributed by atoms with E-state index in [9.17, 15) is 19.5 Å². The largest absolute Gasteiger partial charge is 0.469 e. The highest BCUT2D eigenvalue weighted by Gasteiger charge is 2.43. The van der Waals surface area contributed by atoms with Crippen molar-refractivity contribution in [1.29, 1.82) is 0 Å². The maximum absolute atomic E-state index is 11.6. The molecule has 102 valence electrons. The number of rotatable bonds is 7. The fraction of sp³-hybridized carbons (Fsp3) is 0.545. The quantitative estimate of drug-likeness (QED) is 0.377. The highest BCUT2D eigenvalue weighted by Crippen LogP contribution is 2.19. The van der Waals surface area contributed by atoms with Crippen molar-refractivity contribution < 1.29 is 33.7 Å². The van der Waals surface area contributed by atoms with Gasteiger partial charge in [0.2, 0.25) is 0 Å². The Morgan fingerprint density at radius 3 is 1.94 bits per heavy atom. The summed E-state index contributed by atoms with van der Waals surface area (Å²) in [6.07, 6.45) is -0.113. The van der Waals surface area contributed by atoms with Gasteiger partial charge in [0.15, 0.2) is 5.60 Å². The molecular formula is C11H16O7. The van der Waals surface area contributed by atoms with Crippen molar-refractivity contribution in [3.05, 3.63) is 12.7 Å². The first-order valence-electron chi connectivity index (χ1n) is 5.03. The molecule has 0 aliphatic rings. The number of aliphatic hydroxyl groups is 1. The number of esters is 3. The molecule has 0 saturated heterocycles. The van der Waals surface area contributed by atoms with E-state index >= 15 is 0 Å². The van der Waals surface area contributed by atoms with E-state index in [1.807, 2.05) is 0 Å². The predicted octanol–water partition coefficient (Wildman–Crippen LogP) is -0.427. The summed E-state index contributed by atoms with van der Waals surface area (Å²) >= 11 is 0. The molecule has 1 N–H and O–H groups in total. The average Bonchev–Trinajstić information content (AvgIpc) is 2.35. The minimum atomic E-state index is -2.30. The first-order valence-corrected chi connectivity index (χ1v) is 5.03. The zero-order valence-electron chi connectivity index (χ0n) is 10.3. The molecule has 0 aliphatic heterocycles. The lowest BCUT2D eigenvalue weighted by atomic mass is 9.95. The zero-order valence-corrected chi connectivity index (χ0v) is 10.3. The number of carbonyl (C=O) groups is 3. The van der Waals surface area contributed by atoms with Crippen molar-refractivity contribution in [1.82, 2.24) is 0 Å². The van der Waals surface area contributed by atoms with Crippen LogP contribution in [0.2, 0.25) is 0 Å². The van der Waals surface area contributed by atoms with E-state index in [1.165, 1.54) is 6.08 Å². The third-order valence-corrected chi connectivity index (χ3v) is 2.04. The number of methoxy groups -OCH3 is 2. The lowest BCUT2D eigenvalue weighted by Crippen LogP contribution is -2.44. The minimum absolute atomic E-state index is 0.149. The van der Waals surface area contributed by atoms with Gasteiger partial charge in [-0.1, -0.05) is 12.7 Å². The summed E-state index contributed by atoms with van der Waals surface area (Å²) in [6.45, 7) is 3.18. The van der Waals surface area contributed by atoms with Crippen LogP contribution in [0.5, 0.6) is 0 Å². The van der Waals surface area contributed by atoms with Crippen LogP contribution in [0.3, 0.4) is 0 Å². The number of hydrogen-bond acceptors (Lipinski definition) is 7. The summed E-state index contributed by atoms with van der Waals surface area (Å²) < 4.78 is 13.3. The Hall–Kier alpha value is -1.89. The SMILES string of the molecule is C=CCOC(=O)C(O)(CC(=O)OC)CC(=O)OC. The second kappa shape index (κ2) is 7.44. The lowest BCUT2D eigenvalue weighted by molar-refractivity contribution is -0.175. The summed E-state index contributed by atoms with van der Waals surface area (Å²) in [5.74, 6) is -2.81. The van der Waals surface area contributed by atoms with E-state index in [0.29, 0.717) is 0 Å². The molecule has 18 heavy (non-hydrogen) atoms. The van der Waals surface area contributed by atoms with E-state index in [4.69, 9.17) is 0 Å². The topological polar surface area (TPSA) is 99.1 Å². The van der Waals surface area contributed by atoms with E-state index in [-0.39, 0.29) is 6.61 Å². The minimum Gasteiger partial charge on any atom is -0.469 e. The van der Waals surface area contributed by atoms with Gasteiger partial charge in [-0.2, -0.15) is 0 Å². The number of carbonyl (C=O) groups excluding carboxylic acids is 3. The molecule has 0 aromatic rings. The first-order chi connectivity index (χ1) is 8.39. The standard InChI is InChI=1S/C11H16O7/c1-4-5-18-10(14)11(15,6-8(12)16-2)7-9(13)17-3/h4,15H,1,5-7H2,2-3H3. The van der Waals surface area contributed by atoms with E-state index in [1.54, 1.807) is 0 Å². The number of ether oxygens (including phenoxy) is 3. The normalized spacial score (nSPS) is 10.4. The Morgan fingerprint density at radius 1 is 1.17 bits per heavy atom. The van der Waals surface area contributed by atoms with Crippen LogP contribution in [0.15, 0.2) is 12.7 Å². The molecule has 7 heteroatoms. The molecule has 0 rings (SSSR count). The zero-order chi connectivity index (χ0) is 14.2. The van der Waals surface area contributed by atoms with Gasteiger partial charge in [-0.3, -0.25) is 9.59 Å². The molecule has 0 radical (unpaired) electrons. The van der Waals surface area contributed by atoms with Crippen LogP contribution in [0.1, 0.15) is 12.8 Å². The van der Waals surface area contributed by atoms with Gasteiger partial charge >= 0.3 is 17.9 Å². The van der Waals surface area contributed by atoms with Gasteiger partial charge < -0.3 is 19.3 Å². The Balaban J connectivity index is 4.88. The van der Waals surface area contributed by atoms with Crippen LogP contribution in [-0.4, -0.2) is 49.4 Å². The van der Waals surface area contributed by atoms with Gasteiger partial charge in [0, 0.05) is 0 Å². The van der Waals surface area contributed by atoms with Crippen LogP contribution in [-0.2, 0) is 28.6 Å². The molecule has 0 aromatic heterocycles. The Bertz CT molecular complexity index is 316. The predicted molar refractivity (Wildman–Crippen MR) is 59.4 cm³/mol. The molecule has 0 heterocycles. The molecule has 0 bridgehead atoms. The van der Waals surface area contributed by atoms with Crippen molar-refractivity contribution in [3.63, 3.8) is 0 Å². The summed E-state index contributed by atoms with van der Waals surface area (Å²) in [5.41, 5.74) is -2.30. The van der Waals surface area contributed by atoms with Crippen LogP contribution in [0.25, 0.3) is 0 Å². The summed E-state index contributed by atoms with van der Waals surface area (Å²) in [6, 6.07) is 0. The second-order valence-electron chi connectivity index (χ2n) is 3.42. The Morgan fingerprint density at radius 2 is 1.61 bits per heavy atom. The molecule has 0 spiro atoms. The van der Waals surface area contributed by atoms with E-state index in [2.05, 4.69) is 20.8 Å². The van der Waals surface area contributed by atoms with Gasteiger partial charge in [0.05, 0.1) is 27.1 Å². The summed E-state index contributed by atoms with van der Waals surface area (Å²) in [5, 5.41) is 10.00. The fourth-order valence-electron chi connectivity index (χ4n) is 1.10. The van der Waals surface area contributed by atoms with Gasteiger partial charge in [0.25, 0.3) is 0 Å². The highest BCUT2D eigenvalue weighted by molar-refractivity contribution is 5.90. The third kappa shape index (κ3) is 4.96. The van der Waals surface area contributed by atoms with E-state index in [0.717, 1.165) is 14.2 Å². The molecule has 0 saturated carbocycles. The van der Waals surface area contributed by atoms with Crippen LogP contribution < -0.4 is 0 Å². The van der Waals surface area contributed by atoms with Crippen molar-refractivity contribution in [2.75, 3.05) is 20.8 Å². The van der Waals surface area contributed by atoms with Crippen molar-refractivity contribution >= 4 is 17.9 Å². The van der Waals surface area contributed by atoms with Gasteiger partial charge in [-0.15, -0.1) is 0 Å². The fourth-order valence-corrected chi connectivity index (χ4v) is 1.10. The maximum Gasteiger partial charge on any atom is 0.339 e. The summed E-state index contributed by atoms with van der Waals surface area (Å²) in [4.78, 5) is 33.8. The molecule has 7 nitrogen and oxygen atoms in total. The average molecular weight is 260 g/mol. The van der Waals surface area contributed by atoms with Crippen LogP contribution >= 0.6 is 0 Å². The van der Waals surface area contributed by atoms with Crippen LogP contribution in [0, 0.1) is 0 Å². The molecule has 0 unspecified atom stereocenters. The van der Waals surface area contributed by atoms with E-state index < -0.39 is 36.4 Å². The molecule has 0 amide bonds. The smallest absolute Gasteiger partial charge is 0.339 e. The van der Waals surface area contributed by atoms with Gasteiger partial charge in [0.1, 0.15) is 6.61 Å². The van der Waals surface area contributed by atoms with Crippen molar-refractivity contribution in [3.8, 4) is 0 Å². The number of hydrogen-bond donors (Lipinski definition) is 1. The van der Waals surface area contributed by atoms with Crippen molar-refractivity contribution in [2.24, 2.45) is 0 Å². The monoisotopic (exact) mass is 260 g/mol. The highest BCUT2D eigenvalue weighted by atomic mass is 16.6. The lowest BCUT2D eigenvalue weighted by Gasteiger charge is -2.23. The molecule has 0 atom stereocenters. The molecule has 0 aromatic carbocycles. The van der Waals surface area contributed by atoms with Gasteiger partial charge in [-0.05, 0) is 0 Å². The summed E-state index contributed by atoms with van der Waals surface area (Å²) in [7, 11) is 2.19.